The molecule has 0 fully saturated rings. The molecule has 0 saturated carbocycles. The van der Waals surface area contributed by atoms with Gasteiger partial charge in [-0.25, -0.2) is 4.98 Å². The Kier molecular flexibility index (Phi) is 9.99. The van der Waals surface area contributed by atoms with Crippen LogP contribution in [0.15, 0.2) is 78.9 Å². The lowest BCUT2D eigenvalue weighted by Crippen LogP contribution is -2.26. The Morgan fingerprint density at radius 1 is 0.730 bits per heavy atom. The summed E-state index contributed by atoms with van der Waals surface area (Å²) >= 11 is 6.26. The molecule has 1 heterocycles. The smallest absolute Gasteiger partial charge is 0.140 e. The van der Waals surface area contributed by atoms with Gasteiger partial charge in [-0.15, -0.1) is 0 Å². The van der Waals surface area contributed by atoms with Crippen LogP contribution in [0.1, 0.15) is 63.3 Å². The molecule has 0 aliphatic heterocycles. The molecule has 0 saturated heterocycles. The van der Waals surface area contributed by atoms with Gasteiger partial charge in [0.1, 0.15) is 5.82 Å². The molecule has 0 radical (unpaired) electrons. The number of hydrogen-bond acceptors (Lipinski definition) is 2. The Labute approximate surface area is 228 Å². The number of nitrogens with zero attached hydrogens (tertiary/aromatic N) is 3. The van der Waals surface area contributed by atoms with Crippen molar-refractivity contribution in [1.82, 2.24) is 14.5 Å². The van der Waals surface area contributed by atoms with Gasteiger partial charge in [-0.1, -0.05) is 112 Å². The summed E-state index contributed by atoms with van der Waals surface area (Å²) in [5, 5.41) is 0.749. The van der Waals surface area contributed by atoms with Crippen LogP contribution in [0, 0.1) is 0 Å². The van der Waals surface area contributed by atoms with Crippen LogP contribution in [-0.2, 0) is 26.1 Å². The summed E-state index contributed by atoms with van der Waals surface area (Å²) in [4.78, 5) is 7.88. The van der Waals surface area contributed by atoms with E-state index < -0.39 is 0 Å². The molecule has 1 aromatic heterocycles. The maximum atomic E-state index is 6.26. The van der Waals surface area contributed by atoms with E-state index in [1.165, 1.54) is 29.7 Å². The molecule has 0 aliphatic carbocycles. The highest BCUT2D eigenvalue weighted by Crippen LogP contribution is 2.32. The topological polar surface area (TPSA) is 21.1 Å². The highest BCUT2D eigenvalue weighted by atomic mass is 35.5. The van der Waals surface area contributed by atoms with Gasteiger partial charge >= 0.3 is 0 Å². The van der Waals surface area contributed by atoms with Gasteiger partial charge in [-0.2, -0.15) is 0 Å². The molecule has 3 nitrogen and oxygen atoms in total. The number of benzene rings is 3. The van der Waals surface area contributed by atoms with Crippen molar-refractivity contribution in [3.8, 4) is 22.6 Å². The molecular weight excluding hydrogens is 474 g/mol. The molecule has 0 unspecified atom stereocenters. The molecule has 0 atom stereocenters. The zero-order chi connectivity index (χ0) is 26.0. The minimum absolute atomic E-state index is 0.749. The lowest BCUT2D eigenvalue weighted by atomic mass is 10.1. The number of unbranched alkanes of at least 4 members (excludes halogenated alkanes) is 2. The van der Waals surface area contributed by atoms with E-state index in [1.54, 1.807) is 0 Å². The predicted octanol–water partition coefficient (Wildman–Crippen LogP) is 9.04. The summed E-state index contributed by atoms with van der Waals surface area (Å²) in [5.74, 6) is 1.05. The Bertz CT molecular complexity index is 1230. The average molecular weight is 514 g/mol. The zero-order valence-corrected chi connectivity index (χ0v) is 23.3. The first kappa shape index (κ1) is 27.2. The summed E-state index contributed by atoms with van der Waals surface area (Å²) < 4.78 is 2.47. The molecule has 0 bridgehead atoms. The van der Waals surface area contributed by atoms with Crippen LogP contribution in [0.4, 0.5) is 0 Å². The minimum atomic E-state index is 0.749. The van der Waals surface area contributed by atoms with E-state index in [4.69, 9.17) is 16.6 Å². The van der Waals surface area contributed by atoms with E-state index in [0.717, 1.165) is 73.1 Å². The van der Waals surface area contributed by atoms with E-state index in [1.807, 2.05) is 12.1 Å². The molecule has 4 rings (SSSR count). The van der Waals surface area contributed by atoms with Crippen LogP contribution >= 0.6 is 11.6 Å². The van der Waals surface area contributed by atoms with Crippen molar-refractivity contribution in [2.45, 2.75) is 72.5 Å². The lowest BCUT2D eigenvalue weighted by molar-refractivity contribution is 0.246. The third-order valence-corrected chi connectivity index (χ3v) is 7.25. The van der Waals surface area contributed by atoms with E-state index in [9.17, 15) is 0 Å². The zero-order valence-electron chi connectivity index (χ0n) is 22.6. The summed E-state index contributed by atoms with van der Waals surface area (Å²) in [6.07, 6.45) is 5.70. The minimum Gasteiger partial charge on any atom is -0.326 e. The average Bonchev–Trinajstić information content (AvgIpc) is 3.29. The first-order chi connectivity index (χ1) is 18.1. The van der Waals surface area contributed by atoms with E-state index in [0.29, 0.717) is 0 Å². The second-order valence-electron chi connectivity index (χ2n) is 9.84. The normalized spacial score (nSPS) is 11.4. The van der Waals surface area contributed by atoms with Crippen molar-refractivity contribution in [3.05, 3.63) is 101 Å². The molecule has 0 N–H and O–H groups in total. The van der Waals surface area contributed by atoms with E-state index in [-0.39, 0.29) is 0 Å². The van der Waals surface area contributed by atoms with Crippen molar-refractivity contribution < 1.29 is 0 Å². The van der Waals surface area contributed by atoms with Crippen LogP contribution < -0.4 is 0 Å². The van der Waals surface area contributed by atoms with Crippen LogP contribution in [-0.4, -0.2) is 21.0 Å². The van der Waals surface area contributed by atoms with Gasteiger partial charge < -0.3 is 4.57 Å². The molecule has 0 spiro atoms. The maximum Gasteiger partial charge on any atom is 0.140 e. The molecule has 0 amide bonds. The molecule has 194 valence electrons. The molecule has 3 aromatic carbocycles. The fourth-order valence-electron chi connectivity index (χ4n) is 4.80. The highest BCUT2D eigenvalue weighted by molar-refractivity contribution is 6.30. The molecule has 0 aliphatic rings. The maximum absolute atomic E-state index is 6.26. The van der Waals surface area contributed by atoms with Crippen molar-refractivity contribution >= 4 is 11.6 Å². The Morgan fingerprint density at radius 3 is 2.05 bits per heavy atom. The van der Waals surface area contributed by atoms with Gasteiger partial charge in [0.25, 0.3) is 0 Å². The highest BCUT2D eigenvalue weighted by Gasteiger charge is 2.22. The van der Waals surface area contributed by atoms with Crippen molar-refractivity contribution in [2.75, 3.05) is 6.54 Å². The van der Waals surface area contributed by atoms with Gasteiger partial charge in [0.05, 0.1) is 11.4 Å². The summed E-state index contributed by atoms with van der Waals surface area (Å²) in [6, 6.07) is 27.9. The first-order valence-corrected chi connectivity index (χ1v) is 14.2. The molecule has 4 aromatic rings. The number of halogens is 1. The fraction of sp³-hybridized carbons (Fsp3) is 0.364. The summed E-state index contributed by atoms with van der Waals surface area (Å²) in [5.41, 5.74) is 7.39. The second kappa shape index (κ2) is 13.6. The lowest BCUT2D eigenvalue weighted by Gasteiger charge is -2.24. The van der Waals surface area contributed by atoms with E-state index >= 15 is 0 Å². The van der Waals surface area contributed by atoms with Crippen LogP contribution in [0.2, 0.25) is 5.02 Å². The summed E-state index contributed by atoms with van der Waals surface area (Å²) in [7, 11) is 0. The number of rotatable bonds is 13. The number of imidazole rings is 1. The van der Waals surface area contributed by atoms with Gasteiger partial charge in [0.15, 0.2) is 0 Å². The predicted molar refractivity (Wildman–Crippen MR) is 158 cm³/mol. The third-order valence-electron chi connectivity index (χ3n) is 7.00. The fourth-order valence-corrected chi connectivity index (χ4v) is 4.92. The van der Waals surface area contributed by atoms with E-state index in [2.05, 4.69) is 97.0 Å². The van der Waals surface area contributed by atoms with Crippen LogP contribution in [0.3, 0.4) is 0 Å². The Morgan fingerprint density at radius 2 is 1.41 bits per heavy atom. The van der Waals surface area contributed by atoms with Crippen LogP contribution in [0.25, 0.3) is 22.6 Å². The van der Waals surface area contributed by atoms with Crippen molar-refractivity contribution in [2.24, 2.45) is 0 Å². The SMILES string of the molecule is CCCCN(Cc1ccc(CC)cc1)Cc1c(-c2ccc(Cl)cc2)nc(-c2ccccc2)n1CCCC. The molecule has 4 heteroatoms. The second-order valence-corrected chi connectivity index (χ2v) is 10.3. The first-order valence-electron chi connectivity index (χ1n) is 13.8. The molecule has 37 heavy (non-hydrogen) atoms. The quantitative estimate of drug-likeness (QED) is 0.178. The Balaban J connectivity index is 1.78. The van der Waals surface area contributed by atoms with Gasteiger partial charge in [-0.3, -0.25) is 4.90 Å². The van der Waals surface area contributed by atoms with Crippen molar-refractivity contribution in [3.63, 3.8) is 0 Å². The van der Waals surface area contributed by atoms with Gasteiger partial charge in [0, 0.05) is 35.8 Å². The Hall–Kier alpha value is -2.88. The monoisotopic (exact) mass is 513 g/mol. The summed E-state index contributed by atoms with van der Waals surface area (Å²) in [6.45, 7) is 10.6. The number of aromatic nitrogens is 2. The molecular formula is C33H40ClN3. The van der Waals surface area contributed by atoms with Gasteiger partial charge in [-0.05, 0) is 49.1 Å². The number of aryl methyl sites for hydroxylation is 1. The number of hydrogen-bond donors (Lipinski definition) is 0. The standard InChI is InChI=1S/C33H40ClN3/c1-4-7-22-36(24-27-16-14-26(6-3)15-17-27)25-31-32(28-18-20-30(34)21-19-28)35-33(37(31)23-8-5-2)29-12-10-9-11-13-29/h9-21H,4-8,22-25H2,1-3H3. The van der Waals surface area contributed by atoms with Crippen molar-refractivity contribution in [1.29, 1.82) is 0 Å². The third kappa shape index (κ3) is 7.12. The largest absolute Gasteiger partial charge is 0.326 e. The van der Waals surface area contributed by atoms with Crippen LogP contribution in [0.5, 0.6) is 0 Å². The van der Waals surface area contributed by atoms with Gasteiger partial charge in [0.2, 0.25) is 0 Å².